The predicted octanol–water partition coefficient (Wildman–Crippen LogP) is 5.18. The molecule has 156 valence electrons. The maximum Gasteiger partial charge on any atom is 0.435 e. The lowest BCUT2D eigenvalue weighted by atomic mass is 10.1. The molecule has 0 N–H and O–H groups in total. The van der Waals surface area contributed by atoms with Crippen molar-refractivity contribution in [2.75, 3.05) is 0 Å². The third-order valence-corrected chi connectivity index (χ3v) is 4.74. The lowest BCUT2D eigenvalue weighted by Crippen LogP contribution is -2.08. The Morgan fingerprint density at radius 2 is 1.83 bits per heavy atom. The van der Waals surface area contributed by atoms with Crippen molar-refractivity contribution in [2.24, 2.45) is 7.05 Å². The van der Waals surface area contributed by atoms with Crippen LogP contribution in [0.2, 0.25) is 0 Å². The molecule has 0 aliphatic rings. The number of carbonyl (C=O) groups excluding carboxylic acids is 1. The fourth-order valence-electron chi connectivity index (χ4n) is 2.59. The number of hydrogen-bond acceptors (Lipinski definition) is 5. The van der Waals surface area contributed by atoms with Gasteiger partial charge in [0.1, 0.15) is 18.1 Å². The Morgan fingerprint density at radius 3 is 2.38 bits per heavy atom. The normalized spacial score (nSPS) is 12.4. The van der Waals surface area contributed by atoms with Crippen molar-refractivity contribution in [1.29, 1.82) is 0 Å². The molecule has 0 aliphatic carbocycles. The Hall–Kier alpha value is -2.76. The fourth-order valence-corrected chi connectivity index (χ4v) is 3.50. The van der Waals surface area contributed by atoms with Crippen molar-refractivity contribution >= 4 is 27.4 Å². The molecule has 0 atom stereocenters. The van der Waals surface area contributed by atoms with Crippen molar-refractivity contribution in [3.63, 3.8) is 0 Å². The highest BCUT2D eigenvalue weighted by Crippen LogP contribution is 2.44. The molecule has 0 amide bonds. The molecule has 0 aliphatic heterocycles. The van der Waals surface area contributed by atoms with Crippen LogP contribution in [0, 0.1) is 0 Å². The van der Waals surface area contributed by atoms with Gasteiger partial charge in [-0.1, -0.05) is 0 Å². The number of benzene rings is 1. The highest BCUT2D eigenvalue weighted by atomic mass is 32.1. The summed E-state index contributed by atoms with van der Waals surface area (Å²) >= 11 is 0.909. The van der Waals surface area contributed by atoms with Crippen LogP contribution in [0.25, 0.3) is 10.1 Å². The Balaban J connectivity index is 1.95. The monoisotopic (exact) mass is 438 g/mol. The van der Waals surface area contributed by atoms with Gasteiger partial charge in [-0.15, -0.1) is 11.3 Å². The minimum absolute atomic E-state index is 0.0257. The van der Waals surface area contributed by atoms with E-state index in [0.717, 1.165) is 29.0 Å². The number of esters is 1. The Labute approximate surface area is 163 Å². The summed E-state index contributed by atoms with van der Waals surface area (Å²) in [7, 11) is 1.27. The van der Waals surface area contributed by atoms with Crippen LogP contribution < -0.4 is 9.47 Å². The zero-order chi connectivity index (χ0) is 21.6. The molecule has 3 aromatic rings. The minimum Gasteiger partial charge on any atom is -0.487 e. The number of aryl methyl sites for hydroxylation is 1. The molecular weight excluding hydrogens is 426 g/mol. The molecule has 2 aromatic heterocycles. The Morgan fingerprint density at radius 1 is 1.14 bits per heavy atom. The second-order valence-corrected chi connectivity index (χ2v) is 6.88. The molecule has 12 heteroatoms. The van der Waals surface area contributed by atoms with E-state index in [4.69, 9.17) is 9.47 Å². The van der Waals surface area contributed by atoms with E-state index in [0.29, 0.717) is 6.07 Å². The second-order valence-electron chi connectivity index (χ2n) is 5.97. The van der Waals surface area contributed by atoms with Crippen molar-refractivity contribution in [3.05, 3.63) is 40.5 Å². The summed E-state index contributed by atoms with van der Waals surface area (Å²) in [6, 6.07) is 2.76. The summed E-state index contributed by atoms with van der Waals surface area (Å²) in [5.74, 6) is -1.19. The molecule has 0 saturated heterocycles. The van der Waals surface area contributed by atoms with E-state index in [1.54, 1.807) is 0 Å². The molecule has 0 saturated carbocycles. The number of halogens is 6. The molecule has 0 spiro atoms. The van der Waals surface area contributed by atoms with Gasteiger partial charge in [-0.2, -0.15) is 31.4 Å². The lowest BCUT2D eigenvalue weighted by molar-refractivity contribution is -0.141. The van der Waals surface area contributed by atoms with Gasteiger partial charge in [-0.05, 0) is 18.2 Å². The van der Waals surface area contributed by atoms with Crippen LogP contribution in [0.5, 0.6) is 11.5 Å². The summed E-state index contributed by atoms with van der Waals surface area (Å²) in [4.78, 5) is 11.1. The average molecular weight is 438 g/mol. The van der Waals surface area contributed by atoms with Crippen molar-refractivity contribution in [1.82, 2.24) is 9.78 Å². The van der Waals surface area contributed by atoms with Crippen LogP contribution in [0.1, 0.15) is 23.9 Å². The number of alkyl halides is 6. The third kappa shape index (κ3) is 4.47. The number of rotatable bonds is 4. The largest absolute Gasteiger partial charge is 0.487 e. The molecule has 5 nitrogen and oxygen atoms in total. The summed E-state index contributed by atoms with van der Waals surface area (Å²) in [5, 5.41) is 4.30. The van der Waals surface area contributed by atoms with E-state index in [9.17, 15) is 31.1 Å². The van der Waals surface area contributed by atoms with Crippen LogP contribution in [0.4, 0.5) is 26.3 Å². The fraction of sp³-hybridized carbons (Fsp3) is 0.294. The molecule has 0 radical (unpaired) electrons. The van der Waals surface area contributed by atoms with Gasteiger partial charge in [0.2, 0.25) is 0 Å². The van der Waals surface area contributed by atoms with Crippen LogP contribution in [-0.4, -0.2) is 15.7 Å². The maximum atomic E-state index is 13.5. The Bertz CT molecular complexity index is 1070. The summed E-state index contributed by atoms with van der Waals surface area (Å²) in [5.41, 5.74) is -2.18. The highest BCUT2D eigenvalue weighted by molar-refractivity contribution is 7.17. The first kappa shape index (κ1) is 21.0. The van der Waals surface area contributed by atoms with Gasteiger partial charge in [-0.3, -0.25) is 9.48 Å². The zero-order valence-electron chi connectivity index (χ0n) is 14.8. The third-order valence-electron chi connectivity index (χ3n) is 3.83. The van der Waals surface area contributed by atoms with E-state index in [-0.39, 0.29) is 27.3 Å². The van der Waals surface area contributed by atoms with Crippen LogP contribution >= 0.6 is 11.3 Å². The molecule has 0 bridgehead atoms. The average Bonchev–Trinajstić information content (AvgIpc) is 3.14. The quantitative estimate of drug-likeness (QED) is 0.416. The molecule has 0 fully saturated rings. The molecule has 3 rings (SSSR count). The standard InChI is InChI=1S/C17H12F6N2O3S/c1-8(26)28-12-7-29-13-5-10(4-11(15(12)13)16(18,19)20)27-6-9-3-14(17(21,22)23)24-25(9)2/h3-5,7H,6H2,1-2H3. The highest BCUT2D eigenvalue weighted by Gasteiger charge is 2.36. The topological polar surface area (TPSA) is 53.4 Å². The smallest absolute Gasteiger partial charge is 0.435 e. The van der Waals surface area contributed by atoms with E-state index in [1.165, 1.54) is 18.5 Å². The van der Waals surface area contributed by atoms with Gasteiger partial charge in [0, 0.05) is 29.4 Å². The number of carbonyl (C=O) groups is 1. The Kier molecular flexibility index (Phi) is 5.24. The maximum absolute atomic E-state index is 13.5. The van der Waals surface area contributed by atoms with Gasteiger partial charge in [0.25, 0.3) is 0 Å². The van der Waals surface area contributed by atoms with Crippen molar-refractivity contribution < 1.29 is 40.6 Å². The first-order chi connectivity index (χ1) is 13.4. The molecule has 0 unspecified atom stereocenters. The number of thiophene rings is 1. The molecule has 1 aromatic carbocycles. The van der Waals surface area contributed by atoms with Gasteiger partial charge in [-0.25, -0.2) is 0 Å². The van der Waals surface area contributed by atoms with Gasteiger partial charge >= 0.3 is 18.3 Å². The number of nitrogens with zero attached hydrogens (tertiary/aromatic N) is 2. The van der Waals surface area contributed by atoms with Crippen molar-refractivity contribution in [2.45, 2.75) is 25.9 Å². The first-order valence-electron chi connectivity index (χ1n) is 7.90. The lowest BCUT2D eigenvalue weighted by Gasteiger charge is -2.13. The van der Waals surface area contributed by atoms with Gasteiger partial charge < -0.3 is 9.47 Å². The second kappa shape index (κ2) is 7.25. The van der Waals surface area contributed by atoms with E-state index >= 15 is 0 Å². The summed E-state index contributed by atoms with van der Waals surface area (Å²) < 4.78 is 90.0. The van der Waals surface area contributed by atoms with Crippen molar-refractivity contribution in [3.8, 4) is 11.5 Å². The zero-order valence-corrected chi connectivity index (χ0v) is 15.6. The minimum atomic E-state index is -4.77. The number of ether oxygens (including phenoxy) is 2. The SMILES string of the molecule is CC(=O)Oc1csc2cc(OCc3cc(C(F)(F)F)nn3C)cc(C(F)(F)F)c12. The van der Waals surface area contributed by atoms with Gasteiger partial charge in [0.05, 0.1) is 11.3 Å². The summed E-state index contributed by atoms with van der Waals surface area (Å²) in [6.45, 7) is 0.641. The molecular formula is C17H12F6N2O3S. The molecule has 2 heterocycles. The predicted molar refractivity (Wildman–Crippen MR) is 90.7 cm³/mol. The van der Waals surface area contributed by atoms with Gasteiger partial charge in [0.15, 0.2) is 5.69 Å². The molecule has 29 heavy (non-hydrogen) atoms. The number of hydrogen-bond donors (Lipinski definition) is 0. The van der Waals surface area contributed by atoms with E-state index in [2.05, 4.69) is 5.10 Å². The van der Waals surface area contributed by atoms with E-state index < -0.39 is 36.2 Å². The van der Waals surface area contributed by atoms with E-state index in [1.807, 2.05) is 0 Å². The van der Waals surface area contributed by atoms with Crippen LogP contribution in [-0.2, 0) is 30.8 Å². The first-order valence-corrected chi connectivity index (χ1v) is 8.78. The van der Waals surface area contributed by atoms with Crippen LogP contribution in [0.15, 0.2) is 23.6 Å². The van der Waals surface area contributed by atoms with Crippen LogP contribution in [0.3, 0.4) is 0 Å². The number of fused-ring (bicyclic) bond motifs is 1. The number of aromatic nitrogens is 2. The summed E-state index contributed by atoms with van der Waals surface area (Å²) in [6.07, 6.45) is -9.42.